The molecule has 0 radical (unpaired) electrons. The van der Waals surface area contributed by atoms with E-state index in [2.05, 4.69) is 5.32 Å². The van der Waals surface area contributed by atoms with Gasteiger partial charge in [-0.1, -0.05) is 66.7 Å². The van der Waals surface area contributed by atoms with Crippen LogP contribution in [0.4, 0.5) is 5.69 Å². The average Bonchev–Trinajstić information content (AvgIpc) is 3.37. The van der Waals surface area contributed by atoms with Crippen LogP contribution in [0.25, 0.3) is 12.2 Å². The molecule has 0 bridgehead atoms. The van der Waals surface area contributed by atoms with Gasteiger partial charge in [-0.25, -0.2) is 4.90 Å². The molecule has 2 saturated heterocycles. The van der Waals surface area contributed by atoms with Gasteiger partial charge in [0.25, 0.3) is 0 Å². The molecule has 4 unspecified atom stereocenters. The van der Waals surface area contributed by atoms with Crippen LogP contribution in [0.15, 0.2) is 78.9 Å². The Labute approximate surface area is 214 Å². The van der Waals surface area contributed by atoms with Crippen molar-refractivity contribution in [2.75, 3.05) is 4.90 Å². The average molecular weight is 495 g/mol. The molecule has 2 aliphatic heterocycles. The maximum atomic E-state index is 13.6. The Morgan fingerprint density at radius 1 is 0.865 bits per heavy atom. The first-order valence-corrected chi connectivity index (χ1v) is 12.0. The molecule has 3 aromatic carbocycles. The number of amides is 2. The smallest absolute Gasteiger partial charge is 0.324 e. The predicted octanol–water partition coefficient (Wildman–Crippen LogP) is 4.35. The minimum atomic E-state index is -1.62. The lowest BCUT2D eigenvalue weighted by molar-refractivity contribution is -0.147. The zero-order chi connectivity index (χ0) is 26.3. The third kappa shape index (κ3) is 4.17. The number of benzene rings is 3. The maximum Gasteiger partial charge on any atom is 0.324 e. The van der Waals surface area contributed by atoms with Crippen LogP contribution >= 0.6 is 0 Å². The van der Waals surface area contributed by atoms with Crippen molar-refractivity contribution in [1.82, 2.24) is 5.32 Å². The van der Waals surface area contributed by atoms with Crippen LogP contribution in [-0.2, 0) is 14.4 Å². The van der Waals surface area contributed by atoms with Crippen LogP contribution in [0.3, 0.4) is 0 Å². The van der Waals surface area contributed by atoms with E-state index in [1.165, 1.54) is 13.8 Å². The number of hydrogen-bond acceptors (Lipinski definition) is 5. The summed E-state index contributed by atoms with van der Waals surface area (Å²) in [5, 5.41) is 13.2. The molecular weight excluding hydrogens is 468 g/mol. The highest BCUT2D eigenvalue weighted by Gasteiger charge is 2.66. The number of hydrogen-bond donors (Lipinski definition) is 2. The molecule has 7 nitrogen and oxygen atoms in total. The molecule has 2 aliphatic rings. The predicted molar refractivity (Wildman–Crippen MR) is 140 cm³/mol. The lowest BCUT2D eigenvalue weighted by atomic mass is 9.80. The Kier molecular flexibility index (Phi) is 6.09. The van der Waals surface area contributed by atoms with E-state index >= 15 is 0 Å². The Morgan fingerprint density at radius 2 is 1.46 bits per heavy atom. The van der Waals surface area contributed by atoms with Crippen LogP contribution in [-0.4, -0.2) is 34.2 Å². The van der Waals surface area contributed by atoms with Crippen molar-refractivity contribution >= 4 is 41.4 Å². The minimum absolute atomic E-state index is 0.132. The lowest BCUT2D eigenvalue weighted by Gasteiger charge is -2.27. The first kappa shape index (κ1) is 24.3. The SMILES string of the molecule is CC(=O)c1ccc(N2C(=O)C3C(c4ccc(C=Cc5ccccc5)cc4)NC(C)(C(=O)O)C3C2=O)cc1. The molecule has 37 heavy (non-hydrogen) atoms. The van der Waals surface area contributed by atoms with Crippen molar-refractivity contribution in [2.45, 2.75) is 25.4 Å². The van der Waals surface area contributed by atoms with Gasteiger partial charge >= 0.3 is 5.97 Å². The topological polar surface area (TPSA) is 104 Å². The summed E-state index contributed by atoms with van der Waals surface area (Å²) < 4.78 is 0. The Bertz CT molecular complexity index is 1410. The van der Waals surface area contributed by atoms with Gasteiger partial charge in [-0.15, -0.1) is 0 Å². The van der Waals surface area contributed by atoms with Gasteiger partial charge in [0.15, 0.2) is 5.78 Å². The number of aliphatic carboxylic acids is 1. The van der Waals surface area contributed by atoms with Crippen molar-refractivity contribution in [3.63, 3.8) is 0 Å². The molecule has 2 amide bonds. The summed E-state index contributed by atoms with van der Waals surface area (Å²) in [6.07, 6.45) is 3.97. The van der Waals surface area contributed by atoms with Crippen molar-refractivity contribution in [3.05, 3.63) is 101 Å². The van der Waals surface area contributed by atoms with Gasteiger partial charge in [0.05, 0.1) is 17.5 Å². The van der Waals surface area contributed by atoms with Crippen molar-refractivity contribution in [2.24, 2.45) is 11.8 Å². The van der Waals surface area contributed by atoms with E-state index in [-0.39, 0.29) is 5.78 Å². The molecule has 4 atom stereocenters. The van der Waals surface area contributed by atoms with E-state index in [0.717, 1.165) is 21.6 Å². The van der Waals surface area contributed by atoms with Crippen LogP contribution in [0.2, 0.25) is 0 Å². The number of Topliss-reactive ketones (excluding diaryl/α,β-unsaturated/α-hetero) is 1. The number of ketones is 1. The number of carbonyl (C=O) groups is 4. The van der Waals surface area contributed by atoms with Crippen LogP contribution in [0.1, 0.15) is 46.9 Å². The highest BCUT2D eigenvalue weighted by molar-refractivity contribution is 6.24. The summed E-state index contributed by atoms with van der Waals surface area (Å²) in [5.41, 5.74) is 1.90. The molecule has 2 N–H and O–H groups in total. The molecule has 0 aromatic heterocycles. The number of fused-ring (bicyclic) bond motifs is 1. The first-order valence-electron chi connectivity index (χ1n) is 12.0. The third-order valence-electron chi connectivity index (χ3n) is 7.33. The van der Waals surface area contributed by atoms with Gasteiger partial charge in [-0.3, -0.25) is 24.5 Å². The van der Waals surface area contributed by atoms with Gasteiger partial charge in [-0.2, -0.15) is 0 Å². The number of rotatable bonds is 6. The number of nitrogens with zero attached hydrogens (tertiary/aromatic N) is 1. The monoisotopic (exact) mass is 494 g/mol. The number of nitrogens with one attached hydrogen (secondary N) is 1. The quantitative estimate of drug-likeness (QED) is 0.300. The lowest BCUT2D eigenvalue weighted by Crippen LogP contribution is -2.53. The summed E-state index contributed by atoms with van der Waals surface area (Å²) in [6, 6.07) is 22.9. The van der Waals surface area contributed by atoms with Gasteiger partial charge in [0, 0.05) is 11.6 Å². The molecule has 5 rings (SSSR count). The number of carboxylic acid groups (broad SMARTS) is 1. The Balaban J connectivity index is 1.46. The third-order valence-corrected chi connectivity index (χ3v) is 7.33. The standard InChI is InChI=1S/C30H26N2O5/c1-18(33)21-14-16-23(17-15-21)32-27(34)24-25(28(32)35)30(2,29(36)37)31-26(24)22-12-10-20(11-13-22)9-8-19-6-4-3-5-7-19/h3-17,24-26,31H,1-2H3,(H,36,37). The van der Waals surface area contributed by atoms with Crippen LogP contribution in [0.5, 0.6) is 0 Å². The number of carbonyl (C=O) groups excluding carboxylic acids is 3. The molecule has 0 aliphatic carbocycles. The summed E-state index contributed by atoms with van der Waals surface area (Å²) in [4.78, 5) is 52.2. The van der Waals surface area contributed by atoms with Crippen molar-refractivity contribution in [1.29, 1.82) is 0 Å². The fourth-order valence-electron chi connectivity index (χ4n) is 5.29. The molecular formula is C30H26N2O5. The number of anilines is 1. The van der Waals surface area contributed by atoms with Crippen molar-refractivity contribution in [3.8, 4) is 0 Å². The first-order chi connectivity index (χ1) is 17.7. The number of imide groups is 1. The molecule has 2 fully saturated rings. The summed E-state index contributed by atoms with van der Waals surface area (Å²) >= 11 is 0. The fourth-order valence-corrected chi connectivity index (χ4v) is 5.29. The fraction of sp³-hybridized carbons (Fsp3) is 0.200. The summed E-state index contributed by atoms with van der Waals surface area (Å²) in [7, 11) is 0. The molecule has 0 saturated carbocycles. The highest BCUT2D eigenvalue weighted by Crippen LogP contribution is 2.49. The van der Waals surface area contributed by atoms with E-state index < -0.39 is 41.2 Å². The molecule has 3 aromatic rings. The second kappa shape index (κ2) is 9.26. The van der Waals surface area contributed by atoms with E-state index in [1.54, 1.807) is 24.3 Å². The zero-order valence-electron chi connectivity index (χ0n) is 20.4. The summed E-state index contributed by atoms with van der Waals surface area (Å²) in [6.45, 7) is 2.89. The normalized spacial score (nSPS) is 25.0. The highest BCUT2D eigenvalue weighted by atomic mass is 16.4. The molecule has 7 heteroatoms. The van der Waals surface area contributed by atoms with Gasteiger partial charge in [0.2, 0.25) is 11.8 Å². The van der Waals surface area contributed by atoms with Crippen LogP contribution < -0.4 is 10.2 Å². The van der Waals surface area contributed by atoms with E-state index in [4.69, 9.17) is 0 Å². The maximum absolute atomic E-state index is 13.6. The summed E-state index contributed by atoms with van der Waals surface area (Å²) in [5.74, 6) is -4.30. The number of carboxylic acids is 1. The van der Waals surface area contributed by atoms with E-state index in [1.807, 2.05) is 66.7 Å². The van der Waals surface area contributed by atoms with Crippen molar-refractivity contribution < 1.29 is 24.3 Å². The second-order valence-electron chi connectivity index (χ2n) is 9.66. The zero-order valence-corrected chi connectivity index (χ0v) is 20.4. The van der Waals surface area contributed by atoms with Gasteiger partial charge in [0.1, 0.15) is 5.54 Å². The Hall–Kier alpha value is -4.36. The minimum Gasteiger partial charge on any atom is -0.480 e. The van der Waals surface area contributed by atoms with Crippen LogP contribution in [0, 0.1) is 11.8 Å². The van der Waals surface area contributed by atoms with Gasteiger partial charge < -0.3 is 5.11 Å². The largest absolute Gasteiger partial charge is 0.480 e. The second-order valence-corrected chi connectivity index (χ2v) is 9.66. The van der Waals surface area contributed by atoms with Gasteiger partial charge in [-0.05, 0) is 54.8 Å². The van der Waals surface area contributed by atoms with E-state index in [9.17, 15) is 24.3 Å². The molecule has 186 valence electrons. The van der Waals surface area contributed by atoms with E-state index in [0.29, 0.717) is 11.3 Å². The molecule has 0 spiro atoms. The molecule has 2 heterocycles. The Morgan fingerprint density at radius 3 is 2.03 bits per heavy atom.